The van der Waals surface area contributed by atoms with E-state index in [4.69, 9.17) is 23.4 Å². The Morgan fingerprint density at radius 3 is 2.60 bits per heavy atom. The van der Waals surface area contributed by atoms with Crippen molar-refractivity contribution in [3.63, 3.8) is 0 Å². The van der Waals surface area contributed by atoms with Gasteiger partial charge in [-0.05, 0) is 239 Å². The van der Waals surface area contributed by atoms with Gasteiger partial charge in [-0.15, -0.1) is 0 Å². The third-order valence-electron chi connectivity index (χ3n) is 34.4. The summed E-state index contributed by atoms with van der Waals surface area (Å²) in [6.45, 7) is 6.42. The molecule has 19 aliphatic rings. The summed E-state index contributed by atoms with van der Waals surface area (Å²) < 4.78 is 38.6. The van der Waals surface area contributed by atoms with Crippen LogP contribution in [-0.2, 0) is 51.8 Å². The summed E-state index contributed by atoms with van der Waals surface area (Å²) in [4.78, 5) is 53.5. The third-order valence-corrected chi connectivity index (χ3v) is 34.4. The monoisotopic (exact) mass is 1280 g/mol. The van der Waals surface area contributed by atoms with Crippen LogP contribution < -0.4 is 5.32 Å². The second-order valence-corrected chi connectivity index (χ2v) is 36.6. The molecule has 13 heteroatoms. The molecule has 11 saturated carbocycles. The van der Waals surface area contributed by atoms with Gasteiger partial charge in [-0.2, -0.15) is 0 Å². The molecule has 0 radical (unpaired) electrons. The zero-order chi connectivity index (χ0) is 63.1. The largest absolute Gasteiger partial charge is 0.469 e. The predicted octanol–water partition coefficient (Wildman–Crippen LogP) is 11.3. The highest BCUT2D eigenvalue weighted by Crippen LogP contribution is 2.92. The summed E-state index contributed by atoms with van der Waals surface area (Å²) in [5, 5.41) is 42.3. The number of nitrogens with one attached hydrogen (secondary N) is 1. The molecule has 9 bridgehead atoms. The number of carbonyl (C=O) groups excluding carboxylic acids is 3. The van der Waals surface area contributed by atoms with E-state index in [1.54, 1.807) is 6.26 Å². The molecular weight excluding hydrogens is 1180 g/mol. The van der Waals surface area contributed by atoms with E-state index in [9.17, 15) is 10.2 Å². The maximum Gasteiger partial charge on any atom is 0.339 e. The fraction of sp³-hybridized carbons (Fsp3) is 0.765. The van der Waals surface area contributed by atoms with E-state index in [1.807, 2.05) is 6.07 Å². The molecule has 5 saturated heterocycles. The van der Waals surface area contributed by atoms with E-state index in [2.05, 4.69) is 84.6 Å². The molecule has 7 aliphatic heterocycles. The topological polar surface area (TPSA) is 181 Å². The lowest BCUT2D eigenvalue weighted by Crippen LogP contribution is -2.84. The first-order valence-electron chi connectivity index (χ1n) is 38.3. The van der Waals surface area contributed by atoms with Crippen LogP contribution in [0.3, 0.4) is 0 Å². The Kier molecular flexibility index (Phi) is 12.1. The number of esters is 2. The van der Waals surface area contributed by atoms with Gasteiger partial charge < -0.3 is 43.6 Å². The summed E-state index contributed by atoms with van der Waals surface area (Å²) in [5.41, 5.74) is -5.96. The highest BCUT2D eigenvalue weighted by atomic mass is 16.7. The molecule has 1 aromatic carbocycles. The van der Waals surface area contributed by atoms with Crippen molar-refractivity contribution in [2.75, 3.05) is 26.4 Å². The minimum Gasteiger partial charge on any atom is -0.469 e. The van der Waals surface area contributed by atoms with Gasteiger partial charge in [-0.3, -0.25) is 14.9 Å². The number of rotatable bonds is 8. The van der Waals surface area contributed by atoms with Crippen molar-refractivity contribution < 1.29 is 53.1 Å². The van der Waals surface area contributed by atoms with Crippen molar-refractivity contribution >= 4 is 17.7 Å². The van der Waals surface area contributed by atoms with Crippen LogP contribution in [0.4, 0.5) is 0 Å². The van der Waals surface area contributed by atoms with Crippen molar-refractivity contribution in [3.05, 3.63) is 83.5 Å². The number of Topliss-reactive ketones (excluding diaryl/α,β-unsaturated/α-hetero) is 1. The van der Waals surface area contributed by atoms with Crippen molar-refractivity contribution in [2.24, 2.45) is 127 Å². The van der Waals surface area contributed by atoms with E-state index >= 15 is 19.5 Å². The van der Waals surface area contributed by atoms with E-state index in [0.29, 0.717) is 61.2 Å². The number of benzene rings is 1. The van der Waals surface area contributed by atoms with Gasteiger partial charge in [-0.1, -0.05) is 93.9 Å². The number of hydrogen-bond acceptors (Lipinski definition) is 13. The van der Waals surface area contributed by atoms with Crippen LogP contribution in [0.5, 0.6) is 0 Å². The molecule has 1 aromatic heterocycles. The molecule has 13 nitrogen and oxygen atoms in total. The molecule has 29 unspecified atom stereocenters. The van der Waals surface area contributed by atoms with Crippen molar-refractivity contribution in [1.82, 2.24) is 10.2 Å². The SMILES string of the molecule is CC1C2CCCC2CCC12CCCC13OC45C(=CC21)CC1CC2(CCCC2)CC12CC1CC6(C)C7(c8ccoc8CC(C(O)CO)C8CCC9C(C=CN%10CNCC9%10)C8)CC#CC8CCC(Cc9ccccc9)CC8C8(C(O)C(=O)C3C4(COC(=O)C25)C18)C61OC1C(=O)O7. The molecule has 16 fully saturated rings. The van der Waals surface area contributed by atoms with Gasteiger partial charge in [0.25, 0.3) is 0 Å². The summed E-state index contributed by atoms with van der Waals surface area (Å²) in [5.74, 6) is 7.82. The molecule has 8 heterocycles. The van der Waals surface area contributed by atoms with Crippen LogP contribution in [0.25, 0.3) is 0 Å². The molecule has 2 aromatic rings. The predicted molar refractivity (Wildman–Crippen MR) is 346 cm³/mol. The number of allylic oxidation sites excluding steroid dienone is 1. The fourth-order valence-corrected chi connectivity index (χ4v) is 31.8. The quantitative estimate of drug-likeness (QED) is 0.0849. The first-order valence-corrected chi connectivity index (χ1v) is 38.3. The number of nitrogens with zero attached hydrogens (tertiary/aromatic N) is 1. The highest BCUT2D eigenvalue weighted by Gasteiger charge is 3.01. The molecule has 21 rings (SSSR count). The number of ketones is 1. The Balaban J connectivity index is 0.795. The second-order valence-electron chi connectivity index (χ2n) is 36.6. The van der Waals surface area contributed by atoms with E-state index in [1.165, 1.54) is 49.7 Å². The van der Waals surface area contributed by atoms with Crippen molar-refractivity contribution in [1.29, 1.82) is 0 Å². The Morgan fingerprint density at radius 1 is 0.862 bits per heavy atom. The highest BCUT2D eigenvalue weighted by molar-refractivity contribution is 5.94. The molecule has 8 spiro atoms. The smallest absolute Gasteiger partial charge is 0.339 e. The Morgan fingerprint density at radius 2 is 1.73 bits per heavy atom. The van der Waals surface area contributed by atoms with Crippen LogP contribution in [0.15, 0.2) is 71.0 Å². The van der Waals surface area contributed by atoms with Gasteiger partial charge in [0.05, 0.1) is 54.9 Å². The van der Waals surface area contributed by atoms with Crippen molar-refractivity contribution in [2.45, 2.75) is 228 Å². The third kappa shape index (κ3) is 6.62. The van der Waals surface area contributed by atoms with Crippen LogP contribution in [-0.4, -0.2) is 106 Å². The Hall–Kier alpha value is -4.29. The van der Waals surface area contributed by atoms with E-state index < -0.39 is 86.1 Å². The maximum absolute atomic E-state index is 18.2. The molecule has 12 aliphatic carbocycles. The number of aliphatic hydroxyl groups excluding tert-OH is 3. The lowest BCUT2D eigenvalue weighted by atomic mass is 9.28. The Labute approximate surface area is 554 Å². The van der Waals surface area contributed by atoms with Gasteiger partial charge in [-0.25, -0.2) is 4.79 Å². The van der Waals surface area contributed by atoms with Gasteiger partial charge in [0, 0.05) is 47.2 Å². The summed E-state index contributed by atoms with van der Waals surface area (Å²) in [7, 11) is 0. The summed E-state index contributed by atoms with van der Waals surface area (Å²) in [6, 6.07) is 13.3. The lowest BCUT2D eigenvalue weighted by Gasteiger charge is -2.74. The van der Waals surface area contributed by atoms with Gasteiger partial charge in [0.1, 0.15) is 29.7 Å². The first kappa shape index (κ1) is 58.7. The zero-order valence-electron chi connectivity index (χ0n) is 55.6. The minimum absolute atomic E-state index is 0.0533. The number of hydrogen-bond donors (Lipinski definition) is 4. The Bertz CT molecular complexity index is 3690. The average Bonchev–Trinajstić information content (AvgIpc) is 1.41. The van der Waals surface area contributed by atoms with Crippen LogP contribution in [0.1, 0.15) is 185 Å². The van der Waals surface area contributed by atoms with Gasteiger partial charge in [0.15, 0.2) is 17.5 Å². The normalized spacial score (nSPS) is 53.7. The lowest BCUT2D eigenvalue weighted by molar-refractivity contribution is -0.315. The minimum atomic E-state index is -1.55. The summed E-state index contributed by atoms with van der Waals surface area (Å²) >= 11 is 0. The average molecular weight is 1280 g/mol. The van der Waals surface area contributed by atoms with Crippen LogP contribution in [0.2, 0.25) is 0 Å². The number of carbonyl (C=O) groups is 3. The molecular formula is C81H100N2O11. The van der Waals surface area contributed by atoms with Crippen LogP contribution in [0, 0.1) is 139 Å². The fourth-order valence-electron chi connectivity index (χ4n) is 31.8. The number of cyclic esters (lactones) is 1. The number of ether oxygens (including phenoxy) is 4. The molecule has 4 N–H and O–H groups in total. The van der Waals surface area contributed by atoms with Crippen molar-refractivity contribution in [3.8, 4) is 11.8 Å². The maximum atomic E-state index is 18.2. The molecule has 94 heavy (non-hydrogen) atoms. The number of furan rings is 1. The standard InChI is InChI=1S/C81H100N2O11/c1-45-55-15-8-13-48(55)20-28-74(45)25-10-26-77-63(74)35-53-34-54-39-73(23-6-7-24-73)42-75(54)38-52-37-72(2)78(58-22-30-90-62(58)36-57(61(85)41-84)50-18-19-56-51(33-50)21-29-83-44-82-40-60(56)83)27-9-14-49-17-16-47(31-46-11-4-3-5-12-46)32-59(49)79(81(72)69(92-81)71(89)93-78)65(52)76(66(77)64(86)68(79)87)43-91-70(88)67(75)80(53,76)94-77/h3-5,11-12,21-22,29-30,35,45,47-52,54-57,59-61,63,65-69,82,84-85,87H,6-8,10,13,15-20,23-28,31-34,36-44H2,1-2H3. The van der Waals surface area contributed by atoms with Gasteiger partial charge in [0.2, 0.25) is 0 Å². The molecule has 0 amide bonds. The van der Waals surface area contributed by atoms with E-state index in [0.717, 1.165) is 121 Å². The summed E-state index contributed by atoms with van der Waals surface area (Å²) in [6.07, 6.45) is 29.8. The van der Waals surface area contributed by atoms with Crippen LogP contribution >= 0.6 is 0 Å². The number of fused-ring (bicyclic) bond motifs is 6. The van der Waals surface area contributed by atoms with E-state index in [-0.39, 0.29) is 89.6 Å². The number of epoxide rings is 1. The first-order chi connectivity index (χ1) is 45.6. The number of aliphatic hydroxyl groups is 3. The van der Waals surface area contributed by atoms with Gasteiger partial charge >= 0.3 is 11.9 Å². The zero-order valence-corrected chi connectivity index (χ0v) is 55.6. The molecule has 29 atom stereocenters. The second kappa shape index (κ2) is 19.4. The molecule has 500 valence electrons.